The Hall–Kier alpha value is 0.400. The fourth-order valence-electron chi connectivity index (χ4n) is 0.119. The van der Waals surface area contributed by atoms with E-state index in [1.54, 1.807) is 0 Å². The standard InChI is InChI=1S/C3H7BrO2/c4-3-6-2-1-5/h5H,1-3H2. The Kier molecular flexibility index (Phi) is 5.76. The maximum atomic E-state index is 8.05. The SMILES string of the molecule is OCCOCBr. The minimum absolute atomic E-state index is 0.103. The lowest BCUT2D eigenvalue weighted by atomic mass is 10.8. The molecule has 0 rings (SSSR count). The molecule has 0 fully saturated rings. The van der Waals surface area contributed by atoms with Crippen LogP contribution in [0.25, 0.3) is 0 Å². The molecule has 6 heavy (non-hydrogen) atoms. The summed E-state index contributed by atoms with van der Waals surface area (Å²) in [7, 11) is 0. The molecule has 0 aromatic heterocycles. The topological polar surface area (TPSA) is 29.5 Å². The van der Waals surface area contributed by atoms with Gasteiger partial charge in [0.25, 0.3) is 0 Å². The van der Waals surface area contributed by atoms with Gasteiger partial charge in [-0.05, 0) is 0 Å². The molecular formula is C3H7BrO2. The zero-order valence-corrected chi connectivity index (χ0v) is 4.94. The highest BCUT2D eigenvalue weighted by Crippen LogP contribution is 1.78. The second-order valence-corrected chi connectivity index (χ2v) is 1.20. The molecule has 3 heteroatoms. The van der Waals surface area contributed by atoms with E-state index in [2.05, 4.69) is 20.7 Å². The van der Waals surface area contributed by atoms with Gasteiger partial charge in [0, 0.05) is 0 Å². The van der Waals surface area contributed by atoms with Crippen LogP contribution in [0.5, 0.6) is 0 Å². The largest absolute Gasteiger partial charge is 0.394 e. The zero-order valence-electron chi connectivity index (χ0n) is 3.35. The third-order valence-electron chi connectivity index (χ3n) is 0.313. The van der Waals surface area contributed by atoms with Gasteiger partial charge in [0.2, 0.25) is 0 Å². The molecule has 1 N–H and O–H groups in total. The number of ether oxygens (including phenoxy) is 1. The van der Waals surface area contributed by atoms with Crippen LogP contribution in [-0.2, 0) is 4.74 Å². The average Bonchev–Trinajstić information content (AvgIpc) is 1.61. The number of hydrogen-bond acceptors (Lipinski definition) is 2. The van der Waals surface area contributed by atoms with Crippen molar-refractivity contribution in [1.82, 2.24) is 0 Å². The van der Waals surface area contributed by atoms with Gasteiger partial charge in [0.05, 0.1) is 13.2 Å². The number of hydrogen-bond donors (Lipinski definition) is 1. The quantitative estimate of drug-likeness (QED) is 0.470. The molecule has 0 bridgehead atoms. The van der Waals surface area contributed by atoms with E-state index < -0.39 is 0 Å². The normalized spacial score (nSPS) is 9.00. The van der Waals surface area contributed by atoms with E-state index in [-0.39, 0.29) is 6.61 Å². The van der Waals surface area contributed by atoms with Gasteiger partial charge < -0.3 is 9.84 Å². The van der Waals surface area contributed by atoms with Gasteiger partial charge in [0.15, 0.2) is 0 Å². The monoisotopic (exact) mass is 154 g/mol. The molecule has 0 unspecified atom stereocenters. The summed E-state index contributed by atoms with van der Waals surface area (Å²) in [6, 6.07) is 0. The summed E-state index contributed by atoms with van der Waals surface area (Å²) in [6.07, 6.45) is 0. The van der Waals surface area contributed by atoms with Crippen molar-refractivity contribution in [3.8, 4) is 0 Å². The third kappa shape index (κ3) is 4.40. The van der Waals surface area contributed by atoms with E-state index in [0.29, 0.717) is 12.1 Å². The summed E-state index contributed by atoms with van der Waals surface area (Å²) in [5.74, 6) is 0. The first-order chi connectivity index (χ1) is 2.91. The smallest absolute Gasteiger partial charge is 0.102 e. The van der Waals surface area contributed by atoms with Crippen LogP contribution in [0.3, 0.4) is 0 Å². The lowest BCUT2D eigenvalue weighted by molar-refractivity contribution is 0.128. The van der Waals surface area contributed by atoms with E-state index in [1.807, 2.05) is 0 Å². The lowest BCUT2D eigenvalue weighted by Crippen LogP contribution is -1.95. The average molecular weight is 155 g/mol. The van der Waals surface area contributed by atoms with Crippen LogP contribution in [0.1, 0.15) is 0 Å². The molecule has 2 nitrogen and oxygen atoms in total. The van der Waals surface area contributed by atoms with Gasteiger partial charge in [-0.2, -0.15) is 0 Å². The summed E-state index contributed by atoms with van der Waals surface area (Å²) in [5.41, 5.74) is 0.508. The molecule has 0 saturated carbocycles. The Morgan fingerprint density at radius 2 is 2.33 bits per heavy atom. The maximum Gasteiger partial charge on any atom is 0.102 e. The van der Waals surface area contributed by atoms with Crippen molar-refractivity contribution in [2.45, 2.75) is 0 Å². The van der Waals surface area contributed by atoms with Crippen molar-refractivity contribution in [3.63, 3.8) is 0 Å². The molecule has 0 aliphatic carbocycles. The van der Waals surface area contributed by atoms with E-state index in [9.17, 15) is 0 Å². The van der Waals surface area contributed by atoms with Crippen LogP contribution in [0.2, 0.25) is 0 Å². The molecule has 0 aliphatic heterocycles. The minimum Gasteiger partial charge on any atom is -0.394 e. The lowest BCUT2D eigenvalue weighted by Gasteiger charge is -1.89. The first-order valence-corrected chi connectivity index (χ1v) is 2.78. The minimum atomic E-state index is 0.103. The van der Waals surface area contributed by atoms with E-state index >= 15 is 0 Å². The molecule has 0 amide bonds. The summed E-state index contributed by atoms with van der Waals surface area (Å²) < 4.78 is 4.65. The van der Waals surface area contributed by atoms with E-state index in [0.717, 1.165) is 0 Å². The molecule has 0 heterocycles. The Labute approximate surface area is 45.2 Å². The summed E-state index contributed by atoms with van der Waals surface area (Å²) >= 11 is 3.02. The molecular weight excluding hydrogens is 148 g/mol. The number of alkyl halides is 1. The first kappa shape index (κ1) is 6.40. The summed E-state index contributed by atoms with van der Waals surface area (Å²) in [5, 5.41) is 8.05. The fraction of sp³-hybridized carbons (Fsp3) is 1.00. The van der Waals surface area contributed by atoms with Crippen molar-refractivity contribution in [1.29, 1.82) is 0 Å². The Bertz CT molecular complexity index is 20.8. The van der Waals surface area contributed by atoms with E-state index in [1.165, 1.54) is 0 Å². The highest BCUT2D eigenvalue weighted by molar-refractivity contribution is 9.09. The number of aliphatic hydroxyl groups is 1. The van der Waals surface area contributed by atoms with Crippen molar-refractivity contribution in [2.75, 3.05) is 18.7 Å². The highest BCUT2D eigenvalue weighted by Gasteiger charge is 1.74. The van der Waals surface area contributed by atoms with Crippen LogP contribution in [0.4, 0.5) is 0 Å². The molecule has 38 valence electrons. The predicted molar refractivity (Wildman–Crippen MR) is 26.8 cm³/mol. The van der Waals surface area contributed by atoms with Crippen LogP contribution < -0.4 is 0 Å². The van der Waals surface area contributed by atoms with Gasteiger partial charge in [-0.25, -0.2) is 0 Å². The van der Waals surface area contributed by atoms with Crippen LogP contribution >= 0.6 is 15.9 Å². The number of rotatable bonds is 3. The second kappa shape index (κ2) is 5.40. The highest BCUT2D eigenvalue weighted by atomic mass is 79.9. The van der Waals surface area contributed by atoms with Gasteiger partial charge >= 0.3 is 0 Å². The Balaban J connectivity index is 2.34. The van der Waals surface area contributed by atoms with Crippen molar-refractivity contribution >= 4 is 15.9 Å². The third-order valence-corrected chi connectivity index (χ3v) is 0.637. The van der Waals surface area contributed by atoms with Crippen LogP contribution in [0, 0.1) is 0 Å². The van der Waals surface area contributed by atoms with Crippen molar-refractivity contribution in [2.24, 2.45) is 0 Å². The summed E-state index contributed by atoms with van der Waals surface area (Å²) in [6.45, 7) is 0.525. The number of halogens is 1. The molecule has 0 spiro atoms. The molecule has 0 aromatic carbocycles. The number of aliphatic hydroxyl groups excluding tert-OH is 1. The maximum absolute atomic E-state index is 8.05. The Morgan fingerprint density at radius 3 is 2.50 bits per heavy atom. The van der Waals surface area contributed by atoms with Gasteiger partial charge in [0.1, 0.15) is 5.52 Å². The zero-order chi connectivity index (χ0) is 4.83. The van der Waals surface area contributed by atoms with Crippen molar-refractivity contribution in [3.05, 3.63) is 0 Å². The van der Waals surface area contributed by atoms with Crippen molar-refractivity contribution < 1.29 is 9.84 Å². The summed E-state index contributed by atoms with van der Waals surface area (Å²) in [4.78, 5) is 0. The fourth-order valence-corrected chi connectivity index (χ4v) is 0.348. The molecule has 0 saturated heterocycles. The van der Waals surface area contributed by atoms with Gasteiger partial charge in [-0.3, -0.25) is 0 Å². The van der Waals surface area contributed by atoms with E-state index in [4.69, 9.17) is 5.11 Å². The second-order valence-electron chi connectivity index (χ2n) is 0.741. The molecule has 0 aliphatic rings. The molecule has 0 radical (unpaired) electrons. The Morgan fingerprint density at radius 1 is 1.67 bits per heavy atom. The van der Waals surface area contributed by atoms with Gasteiger partial charge in [-0.15, -0.1) is 0 Å². The van der Waals surface area contributed by atoms with Gasteiger partial charge in [-0.1, -0.05) is 15.9 Å². The van der Waals surface area contributed by atoms with Crippen LogP contribution in [-0.4, -0.2) is 23.8 Å². The van der Waals surface area contributed by atoms with Crippen LogP contribution in [0.15, 0.2) is 0 Å². The predicted octanol–water partition coefficient (Wildman–Crippen LogP) is 0.348. The molecule has 0 aromatic rings. The first-order valence-electron chi connectivity index (χ1n) is 1.66. The molecule has 0 atom stereocenters.